The number of carbonyl (C=O) groups is 3. The Hall–Kier alpha value is -2.53. The molecule has 0 fully saturated rings. The van der Waals surface area contributed by atoms with Gasteiger partial charge < -0.3 is 25.5 Å². The molecule has 0 aromatic rings. The number of aliphatic hydroxyl groups is 2. The van der Waals surface area contributed by atoms with Crippen molar-refractivity contribution in [3.8, 4) is 0 Å². The second kappa shape index (κ2) is 23.6. The maximum absolute atomic E-state index is 9.25. The first-order chi connectivity index (χ1) is 10.1. The van der Waals surface area contributed by atoms with E-state index in [2.05, 4.69) is 24.6 Å². The molecule has 128 valence electrons. The molecular weight excluding hydrogens is 304 g/mol. The van der Waals surface area contributed by atoms with E-state index in [-0.39, 0.29) is 13.2 Å². The molecule has 0 amide bonds. The maximum Gasteiger partial charge on any atom is 0.327 e. The van der Waals surface area contributed by atoms with Crippen LogP contribution in [0.2, 0.25) is 0 Å². The first-order valence-electron chi connectivity index (χ1n) is 5.24. The van der Waals surface area contributed by atoms with E-state index in [1.165, 1.54) is 0 Å². The van der Waals surface area contributed by atoms with Crippen LogP contribution < -0.4 is 0 Å². The molecule has 0 saturated heterocycles. The fourth-order valence-corrected chi connectivity index (χ4v) is 0.139. The van der Waals surface area contributed by atoms with Gasteiger partial charge in [0.1, 0.15) is 12.7 Å². The summed E-state index contributed by atoms with van der Waals surface area (Å²) in [5.41, 5.74) is 0. The predicted octanol–water partition coefficient (Wildman–Crippen LogP) is -0.400. The Labute approximate surface area is 126 Å². The Morgan fingerprint density at radius 2 is 1.14 bits per heavy atom. The predicted molar refractivity (Wildman–Crippen MR) is 75.2 cm³/mol. The van der Waals surface area contributed by atoms with Gasteiger partial charge in [-0.05, 0) is 0 Å². The van der Waals surface area contributed by atoms with E-state index < -0.39 is 24.0 Å². The van der Waals surface area contributed by atoms with Crippen molar-refractivity contribution in [3.05, 3.63) is 38.0 Å². The minimum atomic E-state index is -0.981. The highest BCUT2D eigenvalue weighted by molar-refractivity contribution is 5.79. The zero-order valence-corrected chi connectivity index (χ0v) is 11.7. The van der Waals surface area contributed by atoms with E-state index in [1.54, 1.807) is 0 Å². The third-order valence-electron chi connectivity index (χ3n) is 1.00. The molecule has 0 radical (unpaired) electrons. The van der Waals surface area contributed by atoms with E-state index in [0.29, 0.717) is 0 Å². The number of carboxylic acid groups (broad SMARTS) is 3. The molecule has 0 rings (SSSR count). The Morgan fingerprint density at radius 3 is 1.18 bits per heavy atom. The molecule has 6 N–H and O–H groups in total. The zero-order valence-electron chi connectivity index (χ0n) is 11.7. The van der Waals surface area contributed by atoms with Crippen LogP contribution in [0.4, 0.5) is 0 Å². The first kappa shape index (κ1) is 27.8. The molecule has 0 aliphatic heterocycles. The van der Waals surface area contributed by atoms with Crippen LogP contribution in [0.25, 0.3) is 0 Å². The monoisotopic (exact) mass is 324 g/mol. The SMILES string of the molecule is C=CC(=O)O.C=CC(=O)O.C=CC(=O)O.OCC(O)COO. The van der Waals surface area contributed by atoms with Crippen LogP contribution in [-0.2, 0) is 19.3 Å². The van der Waals surface area contributed by atoms with Crippen molar-refractivity contribution < 1.29 is 50.1 Å². The molecule has 10 heteroatoms. The fourth-order valence-electron chi connectivity index (χ4n) is 0.139. The lowest BCUT2D eigenvalue weighted by molar-refractivity contribution is -0.258. The van der Waals surface area contributed by atoms with Crippen LogP contribution in [0.5, 0.6) is 0 Å². The van der Waals surface area contributed by atoms with Gasteiger partial charge in [0.05, 0.1) is 6.61 Å². The largest absolute Gasteiger partial charge is 0.478 e. The van der Waals surface area contributed by atoms with Gasteiger partial charge in [-0.1, -0.05) is 19.7 Å². The summed E-state index contributed by atoms with van der Waals surface area (Å²) in [6, 6.07) is 0. The van der Waals surface area contributed by atoms with Crippen LogP contribution in [0, 0.1) is 0 Å². The van der Waals surface area contributed by atoms with Gasteiger partial charge in [-0.2, -0.15) is 0 Å². The zero-order chi connectivity index (χ0) is 18.6. The summed E-state index contributed by atoms with van der Waals surface area (Å²) in [5.74, 6) is -2.94. The lowest BCUT2D eigenvalue weighted by Gasteiger charge is -2.00. The normalized spacial score (nSPS) is 8.86. The summed E-state index contributed by atoms with van der Waals surface area (Å²) in [6.07, 6.45) is 1.53. The van der Waals surface area contributed by atoms with Crippen molar-refractivity contribution in [3.63, 3.8) is 0 Å². The third kappa shape index (κ3) is 66.1. The van der Waals surface area contributed by atoms with E-state index in [1.807, 2.05) is 0 Å². The molecule has 0 bridgehead atoms. The number of carboxylic acids is 3. The van der Waals surface area contributed by atoms with Crippen molar-refractivity contribution in [2.45, 2.75) is 6.10 Å². The molecule has 0 aromatic heterocycles. The summed E-state index contributed by atoms with van der Waals surface area (Å²) in [7, 11) is 0. The van der Waals surface area contributed by atoms with Gasteiger partial charge in [0, 0.05) is 18.2 Å². The molecule has 0 saturated carbocycles. The van der Waals surface area contributed by atoms with Gasteiger partial charge in [-0.15, -0.1) is 0 Å². The minimum Gasteiger partial charge on any atom is -0.478 e. The Bertz CT molecular complexity index is 294. The topological polar surface area (TPSA) is 182 Å². The highest BCUT2D eigenvalue weighted by Gasteiger charge is 1.98. The van der Waals surface area contributed by atoms with Gasteiger partial charge in [-0.25, -0.2) is 19.3 Å². The Balaban J connectivity index is -0.0000000995. The number of aliphatic carboxylic acids is 3. The van der Waals surface area contributed by atoms with Crippen molar-refractivity contribution in [1.82, 2.24) is 0 Å². The maximum atomic E-state index is 9.25. The van der Waals surface area contributed by atoms with E-state index in [4.69, 9.17) is 30.8 Å². The molecular formula is C12H20O10. The molecule has 22 heavy (non-hydrogen) atoms. The molecule has 0 spiro atoms. The fraction of sp³-hybridized carbons (Fsp3) is 0.250. The number of rotatable bonds is 6. The lowest BCUT2D eigenvalue weighted by atomic mass is 10.4. The second-order valence-corrected chi connectivity index (χ2v) is 2.76. The molecule has 10 nitrogen and oxygen atoms in total. The summed E-state index contributed by atoms with van der Waals surface area (Å²) in [6.45, 7) is 8.25. The minimum absolute atomic E-state index is 0.240. The van der Waals surface area contributed by atoms with E-state index >= 15 is 0 Å². The molecule has 0 aromatic carbocycles. The standard InChI is InChI=1S/C3H8O4.3C3H4O2/c4-1-3(5)2-7-6;3*1-2-3(4)5/h3-6H,1-2H2;3*2H,1H2,(H,4,5). The Morgan fingerprint density at radius 1 is 0.909 bits per heavy atom. The van der Waals surface area contributed by atoms with E-state index in [0.717, 1.165) is 18.2 Å². The van der Waals surface area contributed by atoms with Crippen LogP contribution in [0.1, 0.15) is 0 Å². The summed E-state index contributed by atoms with van der Waals surface area (Å²) >= 11 is 0. The highest BCUT2D eigenvalue weighted by Crippen LogP contribution is 1.77. The van der Waals surface area contributed by atoms with Gasteiger partial charge in [0.25, 0.3) is 0 Å². The summed E-state index contributed by atoms with van der Waals surface area (Å²) in [4.78, 5) is 31.2. The smallest absolute Gasteiger partial charge is 0.327 e. The molecule has 0 aliphatic carbocycles. The van der Waals surface area contributed by atoms with Gasteiger partial charge in [0.15, 0.2) is 0 Å². The number of aliphatic hydroxyl groups excluding tert-OH is 2. The average Bonchev–Trinajstić information content (AvgIpc) is 2.49. The molecule has 1 unspecified atom stereocenters. The van der Waals surface area contributed by atoms with Crippen molar-refractivity contribution in [2.75, 3.05) is 13.2 Å². The second-order valence-electron chi connectivity index (χ2n) is 2.76. The Kier molecular flexibility index (Phi) is 29.7. The van der Waals surface area contributed by atoms with Gasteiger partial charge in [-0.3, -0.25) is 5.26 Å². The summed E-state index contributed by atoms with van der Waals surface area (Å²) < 4.78 is 0. The molecule has 0 aliphatic rings. The van der Waals surface area contributed by atoms with Gasteiger partial charge >= 0.3 is 17.9 Å². The van der Waals surface area contributed by atoms with Crippen LogP contribution >= 0.6 is 0 Å². The third-order valence-corrected chi connectivity index (χ3v) is 1.00. The van der Waals surface area contributed by atoms with Crippen molar-refractivity contribution in [2.24, 2.45) is 0 Å². The van der Waals surface area contributed by atoms with Crippen molar-refractivity contribution >= 4 is 17.9 Å². The molecule has 0 heterocycles. The average molecular weight is 324 g/mol. The first-order valence-corrected chi connectivity index (χ1v) is 5.24. The number of hydrogen-bond donors (Lipinski definition) is 6. The van der Waals surface area contributed by atoms with E-state index in [9.17, 15) is 14.4 Å². The number of hydrogen-bond acceptors (Lipinski definition) is 7. The van der Waals surface area contributed by atoms with Crippen LogP contribution in [-0.4, -0.2) is 68.0 Å². The highest BCUT2D eigenvalue weighted by atomic mass is 17.1. The van der Waals surface area contributed by atoms with Crippen LogP contribution in [0.3, 0.4) is 0 Å². The van der Waals surface area contributed by atoms with Crippen molar-refractivity contribution in [1.29, 1.82) is 0 Å². The van der Waals surface area contributed by atoms with Gasteiger partial charge in [0.2, 0.25) is 0 Å². The lowest BCUT2D eigenvalue weighted by Crippen LogP contribution is -2.17. The quantitative estimate of drug-likeness (QED) is 0.213. The summed E-state index contributed by atoms with van der Waals surface area (Å²) in [5, 5.41) is 46.8. The van der Waals surface area contributed by atoms with Crippen LogP contribution in [0.15, 0.2) is 38.0 Å². The molecule has 1 atom stereocenters.